The van der Waals surface area contributed by atoms with Crippen LogP contribution in [0.1, 0.15) is 86.2 Å². The highest BCUT2D eigenvalue weighted by Gasteiger charge is 2.33. The molecule has 0 spiro atoms. The Morgan fingerprint density at radius 2 is 1.10 bits per heavy atom. The Labute approximate surface area is 300 Å². The summed E-state index contributed by atoms with van der Waals surface area (Å²) in [6.07, 6.45) is 20.8. The summed E-state index contributed by atoms with van der Waals surface area (Å²) < 4.78 is 14.5. The Bertz CT molecular complexity index is 1970. The standard InChI is InChI=1S/2C18H22N6O2/c2*1-18(26-2)6-3-12(4-7-18)21-16(25)15-14-13(5-8-20-14)22-17(23-15)24-10-9-19-11-24/h2*5,8-12,20H,3-4,6-7H2,1-2H3,(H,21,25). The van der Waals surface area contributed by atoms with Crippen LogP contribution in [0.5, 0.6) is 0 Å². The first-order valence-electron chi connectivity index (χ1n) is 17.5. The number of aromatic nitrogens is 10. The lowest BCUT2D eigenvalue weighted by Crippen LogP contribution is -2.43. The van der Waals surface area contributed by atoms with Gasteiger partial charge >= 0.3 is 0 Å². The topological polar surface area (TPSA) is 195 Å². The molecule has 0 unspecified atom stereocenters. The number of nitrogens with zero attached hydrogens (tertiary/aromatic N) is 8. The smallest absolute Gasteiger partial charge is 0.272 e. The molecule has 0 radical (unpaired) electrons. The number of nitrogens with one attached hydrogen (secondary N) is 4. The van der Waals surface area contributed by atoms with Gasteiger partial charge in [-0.05, 0) is 77.3 Å². The number of methoxy groups -OCH3 is 2. The molecule has 0 aromatic carbocycles. The average Bonchev–Trinajstić information content (AvgIpc) is 4.01. The minimum Gasteiger partial charge on any atom is -0.379 e. The molecule has 6 heterocycles. The Balaban J connectivity index is 0.000000162. The number of H-pyrrole nitrogens is 2. The third-order valence-corrected chi connectivity index (χ3v) is 10.4. The van der Waals surface area contributed by atoms with Crippen LogP contribution >= 0.6 is 0 Å². The molecule has 6 aromatic heterocycles. The molecular formula is C36H44N12O4. The van der Waals surface area contributed by atoms with Crippen LogP contribution in [0.2, 0.25) is 0 Å². The van der Waals surface area contributed by atoms with E-state index in [0.29, 0.717) is 45.4 Å². The number of ether oxygens (including phenoxy) is 2. The fourth-order valence-electron chi connectivity index (χ4n) is 6.84. The van der Waals surface area contributed by atoms with Crippen LogP contribution in [0.25, 0.3) is 34.0 Å². The number of carbonyl (C=O) groups is 2. The summed E-state index contributed by atoms with van der Waals surface area (Å²) in [5.41, 5.74) is 3.21. The number of hydrogen-bond acceptors (Lipinski definition) is 10. The van der Waals surface area contributed by atoms with Crippen molar-refractivity contribution in [2.75, 3.05) is 14.2 Å². The van der Waals surface area contributed by atoms with Crippen molar-refractivity contribution in [2.45, 2.75) is 88.5 Å². The highest BCUT2D eigenvalue weighted by Crippen LogP contribution is 2.32. The van der Waals surface area contributed by atoms with Crippen molar-refractivity contribution < 1.29 is 19.1 Å². The predicted molar refractivity (Wildman–Crippen MR) is 192 cm³/mol. The third kappa shape index (κ3) is 7.43. The Morgan fingerprint density at radius 3 is 1.44 bits per heavy atom. The second kappa shape index (κ2) is 14.6. The quantitative estimate of drug-likeness (QED) is 0.176. The van der Waals surface area contributed by atoms with Crippen molar-refractivity contribution in [2.24, 2.45) is 0 Å². The second-order valence-corrected chi connectivity index (χ2v) is 14.0. The number of fused-ring (bicyclic) bond motifs is 2. The van der Waals surface area contributed by atoms with Crippen LogP contribution in [0.15, 0.2) is 62.0 Å². The van der Waals surface area contributed by atoms with Gasteiger partial charge in [0.2, 0.25) is 11.9 Å². The lowest BCUT2D eigenvalue weighted by Gasteiger charge is -2.36. The summed E-state index contributed by atoms with van der Waals surface area (Å²) in [5, 5.41) is 6.24. The first-order chi connectivity index (χ1) is 25.2. The summed E-state index contributed by atoms with van der Waals surface area (Å²) in [5.74, 6) is 0.477. The van der Waals surface area contributed by atoms with E-state index in [1.54, 1.807) is 73.2 Å². The van der Waals surface area contributed by atoms with Gasteiger partial charge in [-0.2, -0.15) is 0 Å². The van der Waals surface area contributed by atoms with Crippen molar-refractivity contribution >= 4 is 33.9 Å². The minimum absolute atomic E-state index is 0.0859. The van der Waals surface area contributed by atoms with Crippen LogP contribution in [-0.4, -0.2) is 98.3 Å². The Kier molecular flexibility index (Phi) is 9.83. The molecule has 6 aromatic rings. The first kappa shape index (κ1) is 34.9. The number of amides is 2. The van der Waals surface area contributed by atoms with Crippen LogP contribution in [0.3, 0.4) is 0 Å². The average molecular weight is 709 g/mol. The van der Waals surface area contributed by atoms with Gasteiger partial charge in [0.05, 0.1) is 33.3 Å². The molecule has 4 N–H and O–H groups in total. The lowest BCUT2D eigenvalue weighted by molar-refractivity contribution is -0.0288. The largest absolute Gasteiger partial charge is 0.379 e. The van der Waals surface area contributed by atoms with E-state index in [1.165, 1.54) is 0 Å². The van der Waals surface area contributed by atoms with Gasteiger partial charge in [0.25, 0.3) is 11.8 Å². The molecule has 272 valence electrons. The zero-order valence-corrected chi connectivity index (χ0v) is 29.8. The highest BCUT2D eigenvalue weighted by molar-refractivity contribution is 6.04. The molecule has 2 fully saturated rings. The van der Waals surface area contributed by atoms with Crippen LogP contribution in [0.4, 0.5) is 0 Å². The van der Waals surface area contributed by atoms with E-state index in [2.05, 4.69) is 64.4 Å². The molecule has 0 aliphatic heterocycles. The molecule has 0 atom stereocenters. The number of hydrogen-bond donors (Lipinski definition) is 4. The molecule has 2 amide bonds. The van der Waals surface area contributed by atoms with Gasteiger partial charge in [-0.1, -0.05) is 0 Å². The van der Waals surface area contributed by atoms with Crippen molar-refractivity contribution in [3.8, 4) is 11.9 Å². The maximum atomic E-state index is 12.9. The van der Waals surface area contributed by atoms with E-state index < -0.39 is 0 Å². The number of imidazole rings is 2. The zero-order chi connectivity index (χ0) is 36.3. The Hall–Kier alpha value is -5.48. The van der Waals surface area contributed by atoms with Gasteiger partial charge in [-0.3, -0.25) is 18.7 Å². The van der Waals surface area contributed by atoms with Crippen molar-refractivity contribution in [1.29, 1.82) is 0 Å². The number of aromatic amines is 2. The van der Waals surface area contributed by atoms with E-state index in [-0.39, 0.29) is 35.1 Å². The summed E-state index contributed by atoms with van der Waals surface area (Å²) in [4.78, 5) is 57.9. The molecule has 16 heteroatoms. The van der Waals surface area contributed by atoms with Gasteiger partial charge in [0, 0.05) is 63.5 Å². The summed E-state index contributed by atoms with van der Waals surface area (Å²) in [6, 6.07) is 3.92. The number of carbonyl (C=O) groups excluding carboxylic acids is 2. The maximum absolute atomic E-state index is 12.9. The van der Waals surface area contributed by atoms with Gasteiger partial charge < -0.3 is 30.1 Å². The summed E-state index contributed by atoms with van der Waals surface area (Å²) in [6.45, 7) is 4.24. The maximum Gasteiger partial charge on any atom is 0.272 e. The van der Waals surface area contributed by atoms with E-state index in [1.807, 2.05) is 12.1 Å². The molecule has 8 rings (SSSR count). The molecule has 0 bridgehead atoms. The molecule has 52 heavy (non-hydrogen) atoms. The van der Waals surface area contributed by atoms with Gasteiger partial charge in [0.1, 0.15) is 12.7 Å². The van der Waals surface area contributed by atoms with Crippen molar-refractivity contribution in [3.05, 3.63) is 73.4 Å². The molecular weight excluding hydrogens is 664 g/mol. The molecule has 2 aliphatic rings. The molecule has 2 saturated carbocycles. The number of rotatable bonds is 8. The minimum atomic E-state index is -0.188. The van der Waals surface area contributed by atoms with Crippen LogP contribution in [-0.2, 0) is 9.47 Å². The van der Waals surface area contributed by atoms with Gasteiger partial charge in [-0.15, -0.1) is 0 Å². The summed E-state index contributed by atoms with van der Waals surface area (Å²) >= 11 is 0. The lowest BCUT2D eigenvalue weighted by atomic mass is 9.83. The summed E-state index contributed by atoms with van der Waals surface area (Å²) in [7, 11) is 3.50. The van der Waals surface area contributed by atoms with Gasteiger partial charge in [0.15, 0.2) is 11.4 Å². The van der Waals surface area contributed by atoms with E-state index in [4.69, 9.17) is 9.47 Å². The van der Waals surface area contributed by atoms with E-state index in [0.717, 1.165) is 51.4 Å². The SMILES string of the molecule is COC1(C)CCC(NC(=O)c2nc(-n3ccnc3)nc3cc[nH]c23)CC1.COC1(C)CCC(NC(=O)c2nc(-n3ccnc3)nc3cc[nH]c23)CC1. The van der Waals surface area contributed by atoms with Crippen LogP contribution < -0.4 is 10.6 Å². The first-order valence-corrected chi connectivity index (χ1v) is 17.5. The zero-order valence-electron chi connectivity index (χ0n) is 29.8. The molecule has 2 aliphatic carbocycles. The van der Waals surface area contributed by atoms with E-state index >= 15 is 0 Å². The molecule has 16 nitrogen and oxygen atoms in total. The highest BCUT2D eigenvalue weighted by atomic mass is 16.5. The Morgan fingerprint density at radius 1 is 0.692 bits per heavy atom. The monoisotopic (exact) mass is 708 g/mol. The van der Waals surface area contributed by atoms with Crippen molar-refractivity contribution in [3.63, 3.8) is 0 Å². The third-order valence-electron chi connectivity index (χ3n) is 10.4. The molecule has 0 saturated heterocycles. The second-order valence-electron chi connectivity index (χ2n) is 14.0. The van der Waals surface area contributed by atoms with Crippen molar-refractivity contribution in [1.82, 2.24) is 59.6 Å². The predicted octanol–water partition coefficient (Wildman–Crippen LogP) is 4.44. The van der Waals surface area contributed by atoms with E-state index in [9.17, 15) is 9.59 Å². The van der Waals surface area contributed by atoms with Crippen LogP contribution in [0, 0.1) is 0 Å². The normalized spacial score (nSPS) is 23.2. The fourth-order valence-corrected chi connectivity index (χ4v) is 6.84. The van der Waals surface area contributed by atoms with Gasteiger partial charge in [-0.25, -0.2) is 29.9 Å². The fraction of sp³-hybridized carbons (Fsp3) is 0.444.